The Morgan fingerprint density at radius 2 is 1.94 bits per heavy atom. The van der Waals surface area contributed by atoms with Gasteiger partial charge in [-0.15, -0.1) is 0 Å². The number of hydrogen-bond acceptors (Lipinski definition) is 3. The van der Waals surface area contributed by atoms with Gasteiger partial charge in [0.2, 0.25) is 0 Å². The molecule has 2 aliphatic carbocycles. The number of aliphatic hydroxyl groups excluding tert-OH is 1. The Morgan fingerprint density at radius 3 is 2.39 bits per heavy atom. The minimum atomic E-state index is -0.882. The third kappa shape index (κ3) is 3.60. The number of rotatable bonds is 7. The van der Waals surface area contributed by atoms with Crippen LogP contribution in [0.25, 0.3) is 0 Å². The van der Waals surface area contributed by atoms with Gasteiger partial charge in [-0.3, -0.25) is 4.79 Å². The maximum atomic E-state index is 12.0. The van der Waals surface area contributed by atoms with Gasteiger partial charge < -0.3 is 20.4 Å². The molecule has 0 heterocycles. The summed E-state index contributed by atoms with van der Waals surface area (Å²) in [5, 5.41) is 20.6. The van der Waals surface area contributed by atoms with Crippen LogP contribution in [0, 0.1) is 5.92 Å². The second-order valence-corrected chi connectivity index (χ2v) is 5.14. The molecule has 0 aromatic heterocycles. The fourth-order valence-electron chi connectivity index (χ4n) is 2.21. The Labute approximate surface area is 106 Å². The summed E-state index contributed by atoms with van der Waals surface area (Å²) in [7, 11) is 0. The highest BCUT2D eigenvalue weighted by Gasteiger charge is 2.37. The molecule has 0 aliphatic heterocycles. The molecular formula is C12H20N2O4. The van der Waals surface area contributed by atoms with E-state index in [0.29, 0.717) is 12.5 Å². The van der Waals surface area contributed by atoms with Gasteiger partial charge in [0, 0.05) is 18.6 Å². The van der Waals surface area contributed by atoms with Crippen molar-refractivity contribution in [2.45, 2.75) is 44.2 Å². The highest BCUT2D eigenvalue weighted by atomic mass is 16.4. The van der Waals surface area contributed by atoms with E-state index in [-0.39, 0.29) is 31.1 Å². The van der Waals surface area contributed by atoms with Crippen molar-refractivity contribution in [1.82, 2.24) is 10.2 Å². The number of carboxylic acids is 1. The van der Waals surface area contributed by atoms with Crippen molar-refractivity contribution in [3.05, 3.63) is 0 Å². The molecule has 1 unspecified atom stereocenters. The Morgan fingerprint density at radius 1 is 1.28 bits per heavy atom. The van der Waals surface area contributed by atoms with Gasteiger partial charge in [0.25, 0.3) is 0 Å². The normalized spacial score (nSPS) is 20.3. The fourth-order valence-corrected chi connectivity index (χ4v) is 2.21. The molecule has 102 valence electrons. The first-order valence-electron chi connectivity index (χ1n) is 6.51. The lowest BCUT2D eigenvalue weighted by atomic mass is 10.1. The predicted octanol–water partition coefficient (Wildman–Crippen LogP) is 0.406. The second kappa shape index (κ2) is 5.56. The van der Waals surface area contributed by atoms with Crippen molar-refractivity contribution in [2.24, 2.45) is 5.92 Å². The monoisotopic (exact) mass is 256 g/mol. The van der Waals surface area contributed by atoms with E-state index >= 15 is 0 Å². The van der Waals surface area contributed by atoms with Gasteiger partial charge in [-0.1, -0.05) is 0 Å². The topological polar surface area (TPSA) is 89.9 Å². The average Bonchev–Trinajstić information content (AvgIpc) is 3.17. The van der Waals surface area contributed by atoms with Crippen LogP contribution in [0.5, 0.6) is 0 Å². The minimum absolute atomic E-state index is 0.0198. The number of amides is 2. The number of nitrogens with zero attached hydrogens (tertiary/aromatic N) is 1. The average molecular weight is 256 g/mol. The molecule has 3 N–H and O–H groups in total. The molecule has 0 spiro atoms. The molecule has 18 heavy (non-hydrogen) atoms. The fraction of sp³-hybridized carbons (Fsp3) is 0.833. The maximum absolute atomic E-state index is 12.0. The van der Waals surface area contributed by atoms with Crippen LogP contribution >= 0.6 is 0 Å². The molecule has 2 aliphatic rings. The smallest absolute Gasteiger partial charge is 0.317 e. The van der Waals surface area contributed by atoms with Gasteiger partial charge in [-0.05, 0) is 31.6 Å². The first-order chi connectivity index (χ1) is 8.61. The zero-order chi connectivity index (χ0) is 13.1. The lowest BCUT2D eigenvalue weighted by Gasteiger charge is -2.25. The van der Waals surface area contributed by atoms with Crippen LogP contribution in [0.2, 0.25) is 0 Å². The largest absolute Gasteiger partial charge is 0.481 e. The number of carbonyl (C=O) groups excluding carboxylic acids is 1. The molecule has 0 aromatic rings. The van der Waals surface area contributed by atoms with Crippen molar-refractivity contribution in [1.29, 1.82) is 0 Å². The number of nitrogens with one attached hydrogen (secondary N) is 1. The molecule has 6 nitrogen and oxygen atoms in total. The number of aliphatic carboxylic acids is 1. The van der Waals surface area contributed by atoms with E-state index in [1.54, 1.807) is 4.90 Å². The molecular weight excluding hydrogens is 236 g/mol. The van der Waals surface area contributed by atoms with Gasteiger partial charge in [0.15, 0.2) is 0 Å². The van der Waals surface area contributed by atoms with Gasteiger partial charge in [0.1, 0.15) is 0 Å². The number of hydrogen-bond donors (Lipinski definition) is 3. The third-order valence-corrected chi connectivity index (χ3v) is 3.48. The van der Waals surface area contributed by atoms with Crippen LogP contribution < -0.4 is 5.32 Å². The zero-order valence-electron chi connectivity index (χ0n) is 10.3. The summed E-state index contributed by atoms with van der Waals surface area (Å²) in [6, 6.07) is -0.276. The number of urea groups is 1. The van der Waals surface area contributed by atoms with E-state index in [1.165, 1.54) is 0 Å². The zero-order valence-corrected chi connectivity index (χ0v) is 10.3. The number of carbonyl (C=O) groups is 2. The summed E-state index contributed by atoms with van der Waals surface area (Å²) < 4.78 is 0. The SMILES string of the molecule is O=C(O)CC(NC(=O)N(CCO)C1CC1)C1CC1. The standard InChI is InChI=1S/C12H20N2O4/c15-6-5-14(9-3-4-9)12(18)13-10(7-11(16)17)8-1-2-8/h8-10,15H,1-7H2,(H,13,18)(H,16,17). The molecule has 2 fully saturated rings. The Bertz CT molecular complexity index is 326. The van der Waals surface area contributed by atoms with Crippen LogP contribution in [0.1, 0.15) is 32.1 Å². The molecule has 1 atom stereocenters. The van der Waals surface area contributed by atoms with Crippen LogP contribution in [-0.2, 0) is 4.79 Å². The van der Waals surface area contributed by atoms with Crippen molar-refractivity contribution in [2.75, 3.05) is 13.2 Å². The highest BCUT2D eigenvalue weighted by Crippen LogP contribution is 2.34. The third-order valence-electron chi connectivity index (χ3n) is 3.48. The molecule has 0 saturated heterocycles. The van der Waals surface area contributed by atoms with Crippen molar-refractivity contribution in [3.63, 3.8) is 0 Å². The van der Waals surface area contributed by atoms with Crippen LogP contribution in [0.15, 0.2) is 0 Å². The molecule has 0 aromatic carbocycles. The number of aliphatic hydroxyl groups is 1. The van der Waals surface area contributed by atoms with Gasteiger partial charge in [0.05, 0.1) is 13.0 Å². The molecule has 0 radical (unpaired) electrons. The summed E-state index contributed by atoms with van der Waals surface area (Å²) >= 11 is 0. The summed E-state index contributed by atoms with van der Waals surface area (Å²) in [5.41, 5.74) is 0. The van der Waals surface area contributed by atoms with Gasteiger partial charge in [-0.2, -0.15) is 0 Å². The van der Waals surface area contributed by atoms with E-state index in [4.69, 9.17) is 10.2 Å². The summed E-state index contributed by atoms with van der Waals surface area (Å²) in [4.78, 5) is 24.4. The lowest BCUT2D eigenvalue weighted by Crippen LogP contribution is -2.48. The van der Waals surface area contributed by atoms with Crippen LogP contribution in [0.4, 0.5) is 4.79 Å². The van der Waals surface area contributed by atoms with E-state index < -0.39 is 5.97 Å². The van der Waals surface area contributed by atoms with E-state index in [2.05, 4.69) is 5.32 Å². The molecule has 2 saturated carbocycles. The maximum Gasteiger partial charge on any atom is 0.317 e. The van der Waals surface area contributed by atoms with Gasteiger partial charge in [-0.25, -0.2) is 4.79 Å². The van der Waals surface area contributed by atoms with Crippen LogP contribution in [0.3, 0.4) is 0 Å². The molecule has 2 amide bonds. The first kappa shape index (κ1) is 13.1. The highest BCUT2D eigenvalue weighted by molar-refractivity contribution is 5.76. The van der Waals surface area contributed by atoms with E-state index in [9.17, 15) is 9.59 Å². The lowest BCUT2D eigenvalue weighted by molar-refractivity contribution is -0.137. The van der Waals surface area contributed by atoms with Gasteiger partial charge >= 0.3 is 12.0 Å². The molecule has 0 bridgehead atoms. The van der Waals surface area contributed by atoms with Crippen molar-refractivity contribution < 1.29 is 19.8 Å². The Balaban J connectivity index is 1.88. The Kier molecular flexibility index (Phi) is 4.06. The van der Waals surface area contributed by atoms with Crippen LogP contribution in [-0.4, -0.2) is 52.3 Å². The Hall–Kier alpha value is -1.30. The number of carboxylic acid groups (broad SMARTS) is 1. The molecule has 2 rings (SSSR count). The van der Waals surface area contributed by atoms with E-state index in [0.717, 1.165) is 25.7 Å². The summed E-state index contributed by atoms with van der Waals surface area (Å²) in [6.07, 6.45) is 3.90. The second-order valence-electron chi connectivity index (χ2n) is 5.14. The first-order valence-corrected chi connectivity index (χ1v) is 6.51. The van der Waals surface area contributed by atoms with Crippen molar-refractivity contribution >= 4 is 12.0 Å². The van der Waals surface area contributed by atoms with Crippen molar-refractivity contribution in [3.8, 4) is 0 Å². The molecule has 6 heteroatoms. The summed E-state index contributed by atoms with van der Waals surface area (Å²) in [6.45, 7) is 0.262. The summed E-state index contributed by atoms with van der Waals surface area (Å²) in [5.74, 6) is -0.576. The predicted molar refractivity (Wildman–Crippen MR) is 64.1 cm³/mol. The van der Waals surface area contributed by atoms with E-state index in [1.807, 2.05) is 0 Å². The quantitative estimate of drug-likeness (QED) is 0.615. The minimum Gasteiger partial charge on any atom is -0.481 e.